The number of halogens is 1. The number of aliphatic carboxylic acids is 1. The van der Waals surface area contributed by atoms with E-state index in [2.05, 4.69) is 10.4 Å². The number of nitrogens with one attached hydrogen (secondary N) is 1. The van der Waals surface area contributed by atoms with Gasteiger partial charge >= 0.3 is 5.97 Å². The highest BCUT2D eigenvalue weighted by Gasteiger charge is 2.59. The molecule has 1 aromatic heterocycles. The molecule has 142 valence electrons. The molecule has 0 amide bonds. The molecule has 4 saturated carbocycles. The smallest absolute Gasteiger partial charge is 0.303 e. The lowest BCUT2D eigenvalue weighted by Crippen LogP contribution is -2.59. The summed E-state index contributed by atoms with van der Waals surface area (Å²) in [7, 11) is 0. The fourth-order valence-electron chi connectivity index (χ4n) is 6.36. The maximum absolute atomic E-state index is 13.0. The van der Waals surface area contributed by atoms with Gasteiger partial charge in [-0.15, -0.1) is 0 Å². The van der Waals surface area contributed by atoms with Crippen LogP contribution >= 0.6 is 11.6 Å². The van der Waals surface area contributed by atoms with Crippen molar-refractivity contribution in [3.8, 4) is 0 Å². The number of carbonyl (C=O) groups is 1. The maximum atomic E-state index is 13.0. The van der Waals surface area contributed by atoms with Gasteiger partial charge in [-0.25, -0.2) is 4.68 Å². The molecule has 5 rings (SSSR count). The summed E-state index contributed by atoms with van der Waals surface area (Å²) < 4.78 is 1.59. The van der Waals surface area contributed by atoms with Crippen LogP contribution in [0.2, 0.25) is 5.02 Å². The second-order valence-corrected chi connectivity index (χ2v) is 9.52. The topological polar surface area (TPSA) is 84.2 Å². The normalized spacial score (nSPS) is 35.1. The third-order valence-electron chi connectivity index (χ3n) is 6.49. The summed E-state index contributed by atoms with van der Waals surface area (Å²) in [5.41, 5.74) is -0.271. The lowest BCUT2D eigenvalue weighted by atomic mass is 9.46. The van der Waals surface area contributed by atoms with E-state index in [1.54, 1.807) is 10.9 Å². The number of nitrogens with zero attached hydrogens (tertiary/aromatic N) is 2. The van der Waals surface area contributed by atoms with Crippen molar-refractivity contribution in [2.24, 2.45) is 17.3 Å². The van der Waals surface area contributed by atoms with Crippen molar-refractivity contribution in [1.29, 1.82) is 0 Å². The van der Waals surface area contributed by atoms with Gasteiger partial charge in [-0.05, 0) is 69.6 Å². The van der Waals surface area contributed by atoms with Crippen LogP contribution in [-0.2, 0) is 10.3 Å². The quantitative estimate of drug-likeness (QED) is 0.818. The Balaban J connectivity index is 1.74. The van der Waals surface area contributed by atoms with Crippen LogP contribution in [0.25, 0.3) is 0 Å². The molecule has 4 bridgehead atoms. The van der Waals surface area contributed by atoms with Crippen LogP contribution in [0.4, 0.5) is 5.69 Å². The molecule has 0 spiro atoms. The van der Waals surface area contributed by atoms with E-state index in [1.807, 2.05) is 13.8 Å². The SMILES string of the molecule is CC(C)Nc1cnn(C23C[C@@H]4C[C@@H](CC(CC(=O)O)(C4)C2)C3)c(=O)c1Cl. The first kappa shape index (κ1) is 17.8. The van der Waals surface area contributed by atoms with Crippen LogP contribution in [-0.4, -0.2) is 26.9 Å². The van der Waals surface area contributed by atoms with E-state index in [0.29, 0.717) is 17.5 Å². The predicted molar refractivity (Wildman–Crippen MR) is 99.6 cm³/mol. The Bertz CT molecular complexity index is 790. The molecule has 1 aromatic rings. The number of rotatable bonds is 5. The summed E-state index contributed by atoms with van der Waals surface area (Å²) in [6.07, 6.45) is 7.46. The van der Waals surface area contributed by atoms with E-state index < -0.39 is 5.97 Å². The third-order valence-corrected chi connectivity index (χ3v) is 6.86. The minimum atomic E-state index is -0.739. The van der Waals surface area contributed by atoms with E-state index in [-0.39, 0.29) is 34.0 Å². The van der Waals surface area contributed by atoms with Crippen molar-refractivity contribution < 1.29 is 9.90 Å². The first-order chi connectivity index (χ1) is 12.2. The van der Waals surface area contributed by atoms with Gasteiger partial charge in [0.05, 0.1) is 23.8 Å². The second-order valence-electron chi connectivity index (χ2n) is 9.14. The van der Waals surface area contributed by atoms with Gasteiger partial charge in [-0.2, -0.15) is 5.10 Å². The summed E-state index contributed by atoms with van der Waals surface area (Å²) in [6.45, 7) is 3.97. The summed E-state index contributed by atoms with van der Waals surface area (Å²) >= 11 is 6.37. The van der Waals surface area contributed by atoms with Gasteiger partial charge < -0.3 is 10.4 Å². The van der Waals surface area contributed by atoms with Crippen LogP contribution in [0, 0.1) is 17.3 Å². The van der Waals surface area contributed by atoms with Crippen molar-refractivity contribution in [2.45, 2.75) is 70.4 Å². The van der Waals surface area contributed by atoms with E-state index in [4.69, 9.17) is 11.6 Å². The minimum absolute atomic E-state index is 0.155. The molecule has 6 nitrogen and oxygen atoms in total. The van der Waals surface area contributed by atoms with Gasteiger partial charge in [-0.3, -0.25) is 9.59 Å². The molecule has 26 heavy (non-hydrogen) atoms. The van der Waals surface area contributed by atoms with Crippen LogP contribution in [0.3, 0.4) is 0 Å². The summed E-state index contributed by atoms with van der Waals surface area (Å²) in [6, 6.07) is 0.155. The predicted octanol–water partition coefficient (Wildman–Crippen LogP) is 3.49. The molecule has 1 heterocycles. The highest BCUT2D eigenvalue weighted by Crippen LogP contribution is 2.65. The lowest BCUT2D eigenvalue weighted by molar-refractivity contribution is -0.151. The fourth-order valence-corrected chi connectivity index (χ4v) is 6.54. The van der Waals surface area contributed by atoms with E-state index in [9.17, 15) is 14.7 Å². The van der Waals surface area contributed by atoms with E-state index in [1.165, 1.54) is 0 Å². The molecule has 2 unspecified atom stereocenters. The van der Waals surface area contributed by atoms with Crippen LogP contribution in [0.5, 0.6) is 0 Å². The van der Waals surface area contributed by atoms with Crippen LogP contribution < -0.4 is 10.9 Å². The molecular weight excluding hydrogens is 354 g/mol. The highest BCUT2D eigenvalue weighted by molar-refractivity contribution is 6.32. The highest BCUT2D eigenvalue weighted by atomic mass is 35.5. The zero-order chi connectivity index (χ0) is 18.7. The second kappa shape index (κ2) is 5.98. The summed E-state index contributed by atoms with van der Waals surface area (Å²) in [5.74, 6) is 0.227. The van der Waals surface area contributed by atoms with Gasteiger partial charge in [0.15, 0.2) is 0 Å². The largest absolute Gasteiger partial charge is 0.481 e. The van der Waals surface area contributed by atoms with Crippen molar-refractivity contribution in [3.63, 3.8) is 0 Å². The number of hydrogen-bond donors (Lipinski definition) is 2. The average Bonchev–Trinajstić information content (AvgIpc) is 2.48. The van der Waals surface area contributed by atoms with Crippen LogP contribution in [0.15, 0.2) is 11.0 Å². The van der Waals surface area contributed by atoms with Gasteiger partial charge in [-0.1, -0.05) is 11.6 Å². The Morgan fingerprint density at radius 1 is 1.38 bits per heavy atom. The Morgan fingerprint density at radius 2 is 2.04 bits per heavy atom. The fraction of sp³-hybridized carbons (Fsp3) is 0.737. The molecule has 0 aromatic carbocycles. The van der Waals surface area contributed by atoms with E-state index >= 15 is 0 Å². The van der Waals surface area contributed by atoms with Crippen molar-refractivity contribution in [2.75, 3.05) is 5.32 Å². The minimum Gasteiger partial charge on any atom is -0.481 e. The summed E-state index contributed by atoms with van der Waals surface area (Å²) in [5, 5.41) is 17.3. The molecule has 0 radical (unpaired) electrons. The molecule has 4 atom stereocenters. The molecule has 0 saturated heterocycles. The van der Waals surface area contributed by atoms with Crippen LogP contribution in [0.1, 0.15) is 58.8 Å². The monoisotopic (exact) mass is 379 g/mol. The maximum Gasteiger partial charge on any atom is 0.303 e. The molecular formula is C19H26ClN3O3. The Labute approximate surface area is 157 Å². The van der Waals surface area contributed by atoms with Gasteiger partial charge in [0.2, 0.25) is 0 Å². The Morgan fingerprint density at radius 3 is 2.62 bits per heavy atom. The average molecular weight is 380 g/mol. The number of anilines is 1. The Kier molecular flexibility index (Phi) is 4.10. The molecule has 4 aliphatic rings. The zero-order valence-electron chi connectivity index (χ0n) is 15.3. The summed E-state index contributed by atoms with van der Waals surface area (Å²) in [4.78, 5) is 24.5. The molecule has 4 aliphatic carbocycles. The zero-order valence-corrected chi connectivity index (χ0v) is 16.1. The van der Waals surface area contributed by atoms with Gasteiger partial charge in [0, 0.05) is 6.04 Å². The molecule has 4 fully saturated rings. The van der Waals surface area contributed by atoms with Gasteiger partial charge in [0.25, 0.3) is 5.56 Å². The third kappa shape index (κ3) is 2.82. The molecule has 7 heteroatoms. The standard InChI is InChI=1S/C19H26ClN3O3/c1-11(2)22-14-9-21-23(17(26)16(14)20)19-6-12-3-13(7-19)5-18(4-12,10-19)8-15(24)25/h9,11-13,22H,3-8,10H2,1-2H3,(H,24,25)/t12-,13+,18?,19?. The number of aromatic nitrogens is 2. The van der Waals surface area contributed by atoms with Crippen molar-refractivity contribution in [1.82, 2.24) is 9.78 Å². The molecule has 0 aliphatic heterocycles. The number of carboxylic acids is 1. The first-order valence-corrected chi connectivity index (χ1v) is 9.86. The van der Waals surface area contributed by atoms with Crippen molar-refractivity contribution >= 4 is 23.3 Å². The van der Waals surface area contributed by atoms with E-state index in [0.717, 1.165) is 38.5 Å². The first-order valence-electron chi connectivity index (χ1n) is 9.49. The van der Waals surface area contributed by atoms with Gasteiger partial charge in [0.1, 0.15) is 5.02 Å². The molecule has 2 N–H and O–H groups in total. The Hall–Kier alpha value is -1.56. The van der Waals surface area contributed by atoms with Crippen molar-refractivity contribution in [3.05, 3.63) is 21.6 Å². The number of hydrogen-bond acceptors (Lipinski definition) is 4. The number of carboxylic acid groups (broad SMARTS) is 1. The lowest BCUT2D eigenvalue weighted by Gasteiger charge is -2.61.